The normalized spacial score (nSPS) is 25.1. The molecule has 1 saturated carbocycles. The minimum Gasteiger partial charge on any atom is -0.280 e. The molecule has 3 aliphatic rings. The highest BCUT2D eigenvalue weighted by atomic mass is 16.1. The Morgan fingerprint density at radius 1 is 1.04 bits per heavy atom. The minimum atomic E-state index is 0.230. The summed E-state index contributed by atoms with van der Waals surface area (Å²) < 4.78 is 4.03. The zero-order valence-corrected chi connectivity index (χ0v) is 14.5. The van der Waals surface area contributed by atoms with Crippen LogP contribution in [0.3, 0.4) is 0 Å². The fraction of sp³-hybridized carbons (Fsp3) is 0.684. The van der Waals surface area contributed by atoms with Crippen molar-refractivity contribution in [1.82, 2.24) is 19.2 Å². The third kappa shape index (κ3) is 1.97. The van der Waals surface area contributed by atoms with Crippen molar-refractivity contribution in [1.29, 1.82) is 0 Å². The molecule has 24 heavy (non-hydrogen) atoms. The lowest BCUT2D eigenvalue weighted by molar-refractivity contribution is 0.0795. The van der Waals surface area contributed by atoms with Crippen LogP contribution in [0.4, 0.5) is 0 Å². The molecule has 1 atom stereocenters. The van der Waals surface area contributed by atoms with Crippen LogP contribution in [0.25, 0.3) is 11.0 Å². The molecule has 0 N–H and O–H groups in total. The maximum atomic E-state index is 13.4. The third-order valence-corrected chi connectivity index (χ3v) is 6.51. The van der Waals surface area contributed by atoms with Crippen molar-refractivity contribution in [2.45, 2.75) is 70.0 Å². The van der Waals surface area contributed by atoms with Crippen molar-refractivity contribution in [2.24, 2.45) is 7.05 Å². The van der Waals surface area contributed by atoms with E-state index in [-0.39, 0.29) is 11.7 Å². The highest BCUT2D eigenvalue weighted by molar-refractivity contribution is 5.80. The van der Waals surface area contributed by atoms with Gasteiger partial charge >= 0.3 is 0 Å². The summed E-state index contributed by atoms with van der Waals surface area (Å²) in [5.74, 6) is 0. The number of hydrogen-bond acceptors (Lipinski definition) is 3. The van der Waals surface area contributed by atoms with Gasteiger partial charge in [-0.3, -0.25) is 18.9 Å². The van der Waals surface area contributed by atoms with E-state index in [1.54, 1.807) is 0 Å². The molecule has 5 nitrogen and oxygen atoms in total. The van der Waals surface area contributed by atoms with E-state index in [0.29, 0.717) is 6.04 Å². The summed E-state index contributed by atoms with van der Waals surface area (Å²) in [5, 5.41) is 5.73. The summed E-state index contributed by atoms with van der Waals surface area (Å²) in [4.78, 5) is 16.0. The molecule has 0 amide bonds. The van der Waals surface area contributed by atoms with Crippen LogP contribution >= 0.6 is 0 Å². The lowest BCUT2D eigenvalue weighted by Gasteiger charge is -2.39. The lowest BCUT2D eigenvalue weighted by atomic mass is 9.90. The lowest BCUT2D eigenvalue weighted by Crippen LogP contribution is -2.44. The maximum Gasteiger partial charge on any atom is 0.257 e. The van der Waals surface area contributed by atoms with Gasteiger partial charge in [0.05, 0.1) is 12.4 Å². The molecule has 0 bridgehead atoms. The van der Waals surface area contributed by atoms with Crippen molar-refractivity contribution >= 4 is 11.0 Å². The molecule has 0 radical (unpaired) electrons. The topological polar surface area (TPSA) is 43.1 Å². The summed E-state index contributed by atoms with van der Waals surface area (Å²) in [5.41, 5.74) is 3.65. The number of aromatic nitrogens is 3. The van der Waals surface area contributed by atoms with Crippen molar-refractivity contribution in [2.75, 3.05) is 6.54 Å². The van der Waals surface area contributed by atoms with Crippen LogP contribution < -0.4 is 5.56 Å². The molecule has 1 saturated heterocycles. The second-order valence-electron chi connectivity index (χ2n) is 7.79. The van der Waals surface area contributed by atoms with Gasteiger partial charge in [-0.1, -0.05) is 6.42 Å². The zero-order chi connectivity index (χ0) is 16.3. The van der Waals surface area contributed by atoms with Gasteiger partial charge in [0.15, 0.2) is 0 Å². The van der Waals surface area contributed by atoms with E-state index in [4.69, 9.17) is 0 Å². The Morgan fingerprint density at radius 3 is 2.58 bits per heavy atom. The fourth-order valence-electron chi connectivity index (χ4n) is 5.08. The predicted octanol–water partition coefficient (Wildman–Crippen LogP) is 2.76. The van der Waals surface area contributed by atoms with E-state index < -0.39 is 0 Å². The Balaban J connectivity index is 1.74. The second-order valence-corrected chi connectivity index (χ2v) is 7.79. The molecule has 0 spiro atoms. The molecular weight excluding hydrogens is 300 g/mol. The molecule has 1 aliphatic heterocycles. The summed E-state index contributed by atoms with van der Waals surface area (Å²) >= 11 is 0. The van der Waals surface area contributed by atoms with Crippen molar-refractivity contribution in [3.8, 4) is 0 Å². The molecule has 3 heterocycles. The Morgan fingerprint density at radius 2 is 1.83 bits per heavy atom. The number of fused-ring (bicyclic) bond motifs is 3. The van der Waals surface area contributed by atoms with Crippen LogP contribution in [0, 0.1) is 0 Å². The van der Waals surface area contributed by atoms with Crippen LogP contribution in [0.2, 0.25) is 0 Å². The highest BCUT2D eigenvalue weighted by Gasteiger charge is 2.37. The number of likely N-dealkylation sites (tertiary alicyclic amines) is 1. The zero-order valence-electron chi connectivity index (χ0n) is 14.5. The van der Waals surface area contributed by atoms with Crippen LogP contribution in [0.5, 0.6) is 0 Å². The van der Waals surface area contributed by atoms with E-state index in [2.05, 4.69) is 14.6 Å². The molecule has 5 rings (SSSR count). The largest absolute Gasteiger partial charge is 0.280 e. The van der Waals surface area contributed by atoms with Crippen molar-refractivity contribution in [3.63, 3.8) is 0 Å². The van der Waals surface area contributed by atoms with Crippen LogP contribution in [-0.4, -0.2) is 31.8 Å². The molecule has 2 aromatic rings. The van der Waals surface area contributed by atoms with Crippen LogP contribution in [0.1, 0.15) is 62.2 Å². The molecule has 0 aromatic carbocycles. The summed E-state index contributed by atoms with van der Waals surface area (Å²) in [7, 11) is 1.98. The summed E-state index contributed by atoms with van der Waals surface area (Å²) in [6.07, 6.45) is 12.7. The van der Waals surface area contributed by atoms with Gasteiger partial charge < -0.3 is 0 Å². The number of rotatable bonds is 2. The Bertz CT molecular complexity index is 845. The van der Waals surface area contributed by atoms with Gasteiger partial charge in [-0.25, -0.2) is 0 Å². The highest BCUT2D eigenvalue weighted by Crippen LogP contribution is 2.38. The summed E-state index contributed by atoms with van der Waals surface area (Å²) in [6.45, 7) is 1.14. The van der Waals surface area contributed by atoms with Gasteiger partial charge in [0.1, 0.15) is 5.65 Å². The van der Waals surface area contributed by atoms with E-state index >= 15 is 0 Å². The summed E-state index contributed by atoms with van der Waals surface area (Å²) in [6, 6.07) is 0.684. The molecule has 2 fully saturated rings. The first-order valence-electron chi connectivity index (χ1n) is 9.59. The molecule has 2 aliphatic carbocycles. The van der Waals surface area contributed by atoms with E-state index in [1.165, 1.54) is 43.1 Å². The average Bonchev–Trinajstić information content (AvgIpc) is 3.15. The average molecular weight is 326 g/mol. The van der Waals surface area contributed by atoms with E-state index in [1.807, 2.05) is 17.9 Å². The molecular formula is C19H26N4O. The predicted molar refractivity (Wildman–Crippen MR) is 94.2 cm³/mol. The van der Waals surface area contributed by atoms with Gasteiger partial charge in [-0.05, 0) is 56.9 Å². The molecule has 2 aromatic heterocycles. The first-order valence-corrected chi connectivity index (χ1v) is 9.59. The standard InChI is InChI=1S/C19H26N4O/c1-21-18-16(12-20-21)14-8-2-3-9-15(14)19(24)23(18)17-10-5-11-22(17)13-6-4-7-13/h12-13,17H,2-11H2,1H3/t17-/m0/s1. The number of hydrogen-bond donors (Lipinski definition) is 0. The van der Waals surface area contributed by atoms with Crippen molar-refractivity contribution < 1.29 is 0 Å². The molecule has 5 heteroatoms. The van der Waals surface area contributed by atoms with Crippen LogP contribution in [0.15, 0.2) is 11.0 Å². The number of pyridine rings is 1. The van der Waals surface area contributed by atoms with E-state index in [0.717, 1.165) is 43.4 Å². The van der Waals surface area contributed by atoms with Crippen LogP contribution in [-0.2, 0) is 19.9 Å². The van der Waals surface area contributed by atoms with Gasteiger partial charge in [0.2, 0.25) is 0 Å². The first kappa shape index (κ1) is 14.7. The number of nitrogens with zero attached hydrogens (tertiary/aromatic N) is 4. The monoisotopic (exact) mass is 326 g/mol. The fourth-order valence-corrected chi connectivity index (χ4v) is 5.08. The van der Waals surface area contributed by atoms with Gasteiger partial charge in [0.25, 0.3) is 5.56 Å². The van der Waals surface area contributed by atoms with E-state index in [9.17, 15) is 4.79 Å². The Hall–Kier alpha value is -1.62. The SMILES string of the molecule is Cn1ncc2c3c(c(=O)n([C@H]4CCCN4C4CCC4)c21)CCCC3. The smallest absolute Gasteiger partial charge is 0.257 e. The minimum absolute atomic E-state index is 0.230. The molecule has 128 valence electrons. The quantitative estimate of drug-likeness (QED) is 0.852. The van der Waals surface area contributed by atoms with Gasteiger partial charge in [-0.15, -0.1) is 0 Å². The van der Waals surface area contributed by atoms with Crippen molar-refractivity contribution in [3.05, 3.63) is 27.7 Å². The maximum absolute atomic E-state index is 13.4. The Labute approximate surface area is 142 Å². The second kappa shape index (κ2) is 5.45. The van der Waals surface area contributed by atoms with Gasteiger partial charge in [-0.2, -0.15) is 5.10 Å². The number of aryl methyl sites for hydroxylation is 2. The first-order chi connectivity index (χ1) is 11.8. The molecule has 0 unspecified atom stereocenters. The third-order valence-electron chi connectivity index (χ3n) is 6.51. The van der Waals surface area contributed by atoms with Gasteiger partial charge in [0, 0.05) is 30.6 Å². The Kier molecular flexibility index (Phi) is 3.34.